The molecule has 0 saturated carbocycles. The molecule has 3 rings (SSSR count). The van der Waals surface area contributed by atoms with E-state index >= 15 is 0 Å². The highest BCUT2D eigenvalue weighted by atomic mass is 16.5. The number of methoxy groups -OCH3 is 2. The minimum atomic E-state index is -0.479. The third-order valence-electron chi connectivity index (χ3n) is 3.94. The molecule has 10 heteroatoms. The summed E-state index contributed by atoms with van der Waals surface area (Å²) >= 11 is 0. The van der Waals surface area contributed by atoms with Crippen molar-refractivity contribution in [2.24, 2.45) is 0 Å². The van der Waals surface area contributed by atoms with Gasteiger partial charge in [0.25, 0.3) is 5.91 Å². The van der Waals surface area contributed by atoms with E-state index in [9.17, 15) is 4.79 Å². The van der Waals surface area contributed by atoms with Crippen molar-refractivity contribution in [1.29, 1.82) is 0 Å². The third kappa shape index (κ3) is 3.48. The zero-order valence-electron chi connectivity index (χ0n) is 14.3. The minimum absolute atomic E-state index is 0.125. The van der Waals surface area contributed by atoms with Gasteiger partial charge in [-0.25, -0.2) is 4.98 Å². The Kier molecular flexibility index (Phi) is 4.98. The van der Waals surface area contributed by atoms with Gasteiger partial charge in [-0.2, -0.15) is 9.97 Å². The van der Waals surface area contributed by atoms with Gasteiger partial charge in [0.1, 0.15) is 6.26 Å². The van der Waals surface area contributed by atoms with Crippen LogP contribution in [0.2, 0.25) is 0 Å². The number of rotatable bonds is 6. The van der Waals surface area contributed by atoms with Gasteiger partial charge in [0.15, 0.2) is 17.8 Å². The van der Waals surface area contributed by atoms with Crippen molar-refractivity contribution in [1.82, 2.24) is 20.3 Å². The van der Waals surface area contributed by atoms with E-state index in [1.807, 2.05) is 11.9 Å². The Morgan fingerprint density at radius 3 is 2.60 bits per heavy atom. The number of carbonyl (C=O) groups is 1. The number of carbonyl (C=O) groups excluding carboxylic acids is 1. The van der Waals surface area contributed by atoms with Crippen molar-refractivity contribution in [2.75, 3.05) is 38.0 Å². The van der Waals surface area contributed by atoms with Crippen LogP contribution in [0, 0.1) is 0 Å². The SMILES string of the molecule is COc1nc(N(C)C2CCCN2)nc(OC)c1NC(=O)c1cocn1. The molecule has 1 atom stereocenters. The molecule has 0 radical (unpaired) electrons. The molecule has 1 aliphatic rings. The maximum Gasteiger partial charge on any atom is 0.277 e. The Morgan fingerprint density at radius 1 is 1.36 bits per heavy atom. The summed E-state index contributed by atoms with van der Waals surface area (Å²) < 4.78 is 15.5. The lowest BCUT2D eigenvalue weighted by Crippen LogP contribution is -2.40. The average Bonchev–Trinajstić information content (AvgIpc) is 3.34. The van der Waals surface area contributed by atoms with E-state index in [4.69, 9.17) is 13.9 Å². The van der Waals surface area contributed by atoms with Gasteiger partial charge in [0.05, 0.1) is 20.4 Å². The summed E-state index contributed by atoms with van der Waals surface area (Å²) in [6.45, 7) is 0.953. The van der Waals surface area contributed by atoms with Crippen LogP contribution in [-0.4, -0.2) is 54.8 Å². The highest BCUT2D eigenvalue weighted by Gasteiger charge is 2.25. The van der Waals surface area contributed by atoms with E-state index in [1.165, 1.54) is 26.9 Å². The zero-order chi connectivity index (χ0) is 17.8. The highest BCUT2D eigenvalue weighted by molar-refractivity contribution is 6.04. The molecule has 2 N–H and O–H groups in total. The lowest BCUT2D eigenvalue weighted by molar-refractivity contribution is 0.102. The summed E-state index contributed by atoms with van der Waals surface area (Å²) in [6, 6.07) is 0. The molecule has 2 aromatic rings. The minimum Gasteiger partial charge on any atom is -0.479 e. The molecule has 0 aromatic carbocycles. The predicted octanol–water partition coefficient (Wildman–Crippen LogP) is 0.880. The maximum absolute atomic E-state index is 12.2. The molecule has 134 valence electrons. The number of nitrogens with zero attached hydrogens (tertiary/aromatic N) is 4. The summed E-state index contributed by atoms with van der Waals surface area (Å²) in [7, 11) is 4.82. The fourth-order valence-electron chi connectivity index (χ4n) is 2.61. The smallest absolute Gasteiger partial charge is 0.277 e. The van der Waals surface area contributed by atoms with Crippen LogP contribution in [0.3, 0.4) is 0 Å². The van der Waals surface area contributed by atoms with Crippen molar-refractivity contribution < 1.29 is 18.7 Å². The number of hydrogen-bond acceptors (Lipinski definition) is 9. The molecule has 1 unspecified atom stereocenters. The second-order valence-corrected chi connectivity index (χ2v) is 5.47. The van der Waals surface area contributed by atoms with Crippen LogP contribution < -0.4 is 25.0 Å². The van der Waals surface area contributed by atoms with Gasteiger partial charge in [-0.15, -0.1) is 0 Å². The van der Waals surface area contributed by atoms with Crippen LogP contribution in [0.5, 0.6) is 11.8 Å². The van der Waals surface area contributed by atoms with Crippen LogP contribution in [0.1, 0.15) is 23.3 Å². The van der Waals surface area contributed by atoms with Crippen molar-refractivity contribution in [2.45, 2.75) is 19.0 Å². The van der Waals surface area contributed by atoms with Gasteiger partial charge in [-0.1, -0.05) is 0 Å². The van der Waals surface area contributed by atoms with Crippen LogP contribution in [-0.2, 0) is 0 Å². The van der Waals surface area contributed by atoms with E-state index < -0.39 is 5.91 Å². The number of ether oxygens (including phenoxy) is 2. The number of aromatic nitrogens is 3. The molecule has 1 aliphatic heterocycles. The fraction of sp³-hybridized carbons (Fsp3) is 0.467. The number of anilines is 2. The summed E-state index contributed by atoms with van der Waals surface area (Å²) in [5.74, 6) is 0.354. The van der Waals surface area contributed by atoms with Crippen LogP contribution in [0.25, 0.3) is 0 Å². The number of amides is 1. The van der Waals surface area contributed by atoms with Gasteiger partial charge in [0, 0.05) is 7.05 Å². The molecule has 0 bridgehead atoms. The maximum atomic E-state index is 12.2. The molecule has 10 nitrogen and oxygen atoms in total. The third-order valence-corrected chi connectivity index (χ3v) is 3.94. The monoisotopic (exact) mass is 348 g/mol. The first kappa shape index (κ1) is 17.0. The molecule has 3 heterocycles. The first-order valence-corrected chi connectivity index (χ1v) is 7.79. The summed E-state index contributed by atoms with van der Waals surface area (Å²) in [4.78, 5) is 26.7. The number of hydrogen-bond donors (Lipinski definition) is 2. The van der Waals surface area contributed by atoms with E-state index in [-0.39, 0.29) is 29.3 Å². The zero-order valence-corrected chi connectivity index (χ0v) is 14.3. The Hall–Kier alpha value is -2.88. The molecule has 25 heavy (non-hydrogen) atoms. The molecular weight excluding hydrogens is 328 g/mol. The van der Waals surface area contributed by atoms with Gasteiger partial charge in [-0.3, -0.25) is 10.1 Å². The molecular formula is C15H20N6O4. The van der Waals surface area contributed by atoms with Gasteiger partial charge < -0.3 is 24.1 Å². The molecule has 1 saturated heterocycles. The van der Waals surface area contributed by atoms with E-state index in [1.54, 1.807) is 0 Å². The van der Waals surface area contributed by atoms with Gasteiger partial charge in [-0.05, 0) is 19.4 Å². The molecule has 1 fully saturated rings. The van der Waals surface area contributed by atoms with E-state index in [2.05, 4.69) is 25.6 Å². The summed E-state index contributed by atoms with van der Waals surface area (Å²) in [6.07, 6.45) is 4.64. The fourth-order valence-corrected chi connectivity index (χ4v) is 2.61. The van der Waals surface area contributed by atoms with Crippen molar-refractivity contribution in [3.63, 3.8) is 0 Å². The summed E-state index contributed by atoms with van der Waals surface area (Å²) in [5, 5.41) is 6.02. The van der Waals surface area contributed by atoms with E-state index in [0.717, 1.165) is 19.4 Å². The molecule has 0 spiro atoms. The van der Waals surface area contributed by atoms with E-state index in [0.29, 0.717) is 5.95 Å². The predicted molar refractivity (Wildman–Crippen MR) is 89.0 cm³/mol. The quantitative estimate of drug-likeness (QED) is 0.785. The van der Waals surface area contributed by atoms with Crippen molar-refractivity contribution in [3.8, 4) is 11.8 Å². The highest BCUT2D eigenvalue weighted by Crippen LogP contribution is 2.34. The largest absolute Gasteiger partial charge is 0.479 e. The lowest BCUT2D eigenvalue weighted by Gasteiger charge is -2.25. The van der Waals surface area contributed by atoms with Crippen LogP contribution in [0.15, 0.2) is 17.1 Å². The topological polar surface area (TPSA) is 115 Å². The first-order chi connectivity index (χ1) is 12.1. The second kappa shape index (κ2) is 7.34. The Balaban J connectivity index is 1.91. The Labute approximate surface area is 144 Å². The van der Waals surface area contributed by atoms with Crippen LogP contribution >= 0.6 is 0 Å². The van der Waals surface area contributed by atoms with Gasteiger partial charge >= 0.3 is 0 Å². The average molecular weight is 348 g/mol. The Morgan fingerprint density at radius 2 is 2.08 bits per heavy atom. The van der Waals surface area contributed by atoms with Gasteiger partial charge in [0.2, 0.25) is 17.7 Å². The number of nitrogens with one attached hydrogen (secondary N) is 2. The molecule has 0 aliphatic carbocycles. The second-order valence-electron chi connectivity index (χ2n) is 5.47. The van der Waals surface area contributed by atoms with Crippen molar-refractivity contribution >= 4 is 17.5 Å². The van der Waals surface area contributed by atoms with Crippen molar-refractivity contribution in [3.05, 3.63) is 18.4 Å². The standard InChI is InChI=1S/C15H20N6O4/c1-21(10-5-4-6-16-10)15-19-13(23-2)11(14(20-15)24-3)18-12(22)9-7-25-8-17-9/h7-8,10,16H,4-6H2,1-3H3,(H,18,22). The normalized spacial score (nSPS) is 16.5. The molecule has 1 amide bonds. The van der Waals surface area contributed by atoms with Crippen LogP contribution in [0.4, 0.5) is 11.6 Å². The number of oxazole rings is 1. The first-order valence-electron chi connectivity index (χ1n) is 7.79. The molecule has 2 aromatic heterocycles. The lowest BCUT2D eigenvalue weighted by atomic mass is 10.3. The summed E-state index contributed by atoms with van der Waals surface area (Å²) in [5.41, 5.74) is 0.356. The Bertz CT molecular complexity index is 705.